The summed E-state index contributed by atoms with van der Waals surface area (Å²) in [7, 11) is -1.31. The van der Waals surface area contributed by atoms with E-state index < -0.39 is 10.8 Å². The van der Waals surface area contributed by atoms with E-state index in [1.54, 1.807) is 12.1 Å². The zero-order valence-corrected chi connectivity index (χ0v) is 12.3. The van der Waals surface area contributed by atoms with Crippen molar-refractivity contribution in [1.29, 1.82) is 0 Å². The monoisotopic (exact) mass is 303 g/mol. The molecule has 1 aromatic carbocycles. The second-order valence-electron chi connectivity index (χ2n) is 4.09. The van der Waals surface area contributed by atoms with Crippen molar-refractivity contribution >= 4 is 28.3 Å². The van der Waals surface area contributed by atoms with E-state index in [0.717, 1.165) is 12.0 Å². The largest absolute Gasteiger partial charge is 0.395 e. The van der Waals surface area contributed by atoms with Crippen LogP contribution in [0.1, 0.15) is 24.9 Å². The first-order valence-electron chi connectivity index (χ1n) is 6.07. The number of benzene rings is 1. The van der Waals surface area contributed by atoms with Gasteiger partial charge in [-0.3, -0.25) is 9.00 Å². The van der Waals surface area contributed by atoms with Crippen LogP contribution in [0.5, 0.6) is 0 Å². The number of carbonyl (C=O) groups excluding carboxylic acids is 1. The van der Waals surface area contributed by atoms with Gasteiger partial charge in [-0.1, -0.05) is 30.7 Å². The van der Waals surface area contributed by atoms with Crippen LogP contribution in [-0.2, 0) is 15.6 Å². The Morgan fingerprint density at radius 3 is 2.58 bits per heavy atom. The fourth-order valence-corrected chi connectivity index (χ4v) is 2.52. The zero-order valence-electron chi connectivity index (χ0n) is 10.8. The molecule has 1 aromatic rings. The molecule has 0 spiro atoms. The number of nitrogens with one attached hydrogen (secondary N) is 1. The van der Waals surface area contributed by atoms with Crippen molar-refractivity contribution in [2.75, 3.05) is 18.1 Å². The highest BCUT2D eigenvalue weighted by atomic mass is 35.5. The van der Waals surface area contributed by atoms with E-state index in [4.69, 9.17) is 16.7 Å². The summed E-state index contributed by atoms with van der Waals surface area (Å²) in [5.41, 5.74) is 0.966. The Morgan fingerprint density at radius 2 is 2.05 bits per heavy atom. The molecule has 106 valence electrons. The molecule has 2 atom stereocenters. The van der Waals surface area contributed by atoms with Gasteiger partial charge in [-0.15, -0.1) is 0 Å². The third-order valence-electron chi connectivity index (χ3n) is 2.63. The van der Waals surface area contributed by atoms with Crippen LogP contribution in [0.15, 0.2) is 24.3 Å². The van der Waals surface area contributed by atoms with Gasteiger partial charge < -0.3 is 10.4 Å². The van der Waals surface area contributed by atoms with Crippen LogP contribution in [0.25, 0.3) is 0 Å². The molecule has 0 saturated carbocycles. The van der Waals surface area contributed by atoms with Crippen molar-refractivity contribution in [3.8, 4) is 0 Å². The number of carbonyl (C=O) groups is 1. The SMILES string of the molecule is CCC(NC(=O)CS(=O)CCO)c1ccc(Cl)cc1. The van der Waals surface area contributed by atoms with Gasteiger partial charge in [0.15, 0.2) is 0 Å². The maximum Gasteiger partial charge on any atom is 0.233 e. The van der Waals surface area contributed by atoms with Crippen LogP contribution in [0.4, 0.5) is 0 Å². The smallest absolute Gasteiger partial charge is 0.233 e. The second kappa shape index (κ2) is 8.30. The van der Waals surface area contributed by atoms with Crippen LogP contribution < -0.4 is 5.32 Å². The molecule has 0 aromatic heterocycles. The van der Waals surface area contributed by atoms with Crippen LogP contribution in [0.3, 0.4) is 0 Å². The number of aliphatic hydroxyl groups is 1. The molecule has 4 nitrogen and oxygen atoms in total. The molecular weight excluding hydrogens is 286 g/mol. The van der Waals surface area contributed by atoms with Crippen molar-refractivity contribution in [3.05, 3.63) is 34.9 Å². The van der Waals surface area contributed by atoms with Crippen molar-refractivity contribution in [2.24, 2.45) is 0 Å². The number of aliphatic hydroxyl groups excluding tert-OH is 1. The average Bonchev–Trinajstić information content (AvgIpc) is 2.37. The Kier molecular flexibility index (Phi) is 7.05. The summed E-state index contributed by atoms with van der Waals surface area (Å²) in [4.78, 5) is 11.7. The van der Waals surface area contributed by atoms with E-state index in [0.29, 0.717) is 5.02 Å². The molecular formula is C13H18ClNO3S. The predicted octanol–water partition coefficient (Wildman–Crippen LogP) is 1.65. The lowest BCUT2D eigenvalue weighted by Crippen LogP contribution is -2.32. The van der Waals surface area contributed by atoms with Gasteiger partial charge >= 0.3 is 0 Å². The fourth-order valence-electron chi connectivity index (χ4n) is 1.67. The molecule has 0 radical (unpaired) electrons. The highest BCUT2D eigenvalue weighted by Gasteiger charge is 2.14. The molecule has 0 saturated heterocycles. The Hall–Kier alpha value is -0.910. The summed E-state index contributed by atoms with van der Waals surface area (Å²) in [5.74, 6) is -0.218. The van der Waals surface area contributed by atoms with Gasteiger partial charge in [0.1, 0.15) is 5.75 Å². The summed E-state index contributed by atoms with van der Waals surface area (Å²) in [6.07, 6.45) is 0.736. The third-order valence-corrected chi connectivity index (χ3v) is 4.10. The van der Waals surface area contributed by atoms with Gasteiger partial charge in [-0.2, -0.15) is 0 Å². The first kappa shape index (κ1) is 16.1. The molecule has 0 bridgehead atoms. The topological polar surface area (TPSA) is 66.4 Å². The summed E-state index contributed by atoms with van der Waals surface area (Å²) >= 11 is 5.82. The van der Waals surface area contributed by atoms with Gasteiger partial charge in [-0.25, -0.2) is 0 Å². The lowest BCUT2D eigenvalue weighted by atomic mass is 10.0. The van der Waals surface area contributed by atoms with Crippen molar-refractivity contribution < 1.29 is 14.1 Å². The van der Waals surface area contributed by atoms with Crippen LogP contribution in [-0.4, -0.2) is 33.3 Å². The third kappa shape index (κ3) is 5.72. The lowest BCUT2D eigenvalue weighted by Gasteiger charge is -2.17. The molecule has 0 heterocycles. The van der Waals surface area contributed by atoms with Crippen molar-refractivity contribution in [2.45, 2.75) is 19.4 Å². The summed E-state index contributed by atoms with van der Waals surface area (Å²) in [5, 5.41) is 12.1. The number of halogens is 1. The molecule has 2 N–H and O–H groups in total. The molecule has 6 heteroatoms. The quantitative estimate of drug-likeness (QED) is 0.805. The summed E-state index contributed by atoms with van der Waals surface area (Å²) in [6, 6.07) is 7.16. The summed E-state index contributed by atoms with van der Waals surface area (Å²) < 4.78 is 11.4. The average molecular weight is 304 g/mol. The van der Waals surface area contributed by atoms with E-state index in [9.17, 15) is 9.00 Å². The first-order valence-corrected chi connectivity index (χ1v) is 7.94. The Morgan fingerprint density at radius 1 is 1.42 bits per heavy atom. The van der Waals surface area contributed by atoms with Gasteiger partial charge in [0, 0.05) is 21.6 Å². The number of rotatable bonds is 7. The Labute approximate surface area is 120 Å². The van der Waals surface area contributed by atoms with E-state index >= 15 is 0 Å². The Balaban J connectivity index is 2.59. The van der Waals surface area contributed by atoms with Crippen molar-refractivity contribution in [3.63, 3.8) is 0 Å². The molecule has 1 rings (SSSR count). The first-order chi connectivity index (χ1) is 9.06. The van der Waals surface area contributed by atoms with E-state index in [1.807, 2.05) is 19.1 Å². The molecule has 0 aliphatic carbocycles. The van der Waals surface area contributed by atoms with E-state index in [1.165, 1.54) is 0 Å². The van der Waals surface area contributed by atoms with Gasteiger partial charge in [0.2, 0.25) is 5.91 Å². The van der Waals surface area contributed by atoms with Gasteiger partial charge in [0.25, 0.3) is 0 Å². The normalized spacial score (nSPS) is 13.8. The number of hydrogen-bond donors (Lipinski definition) is 2. The number of amides is 1. The minimum absolute atomic E-state index is 0.0787. The van der Waals surface area contributed by atoms with Crippen molar-refractivity contribution in [1.82, 2.24) is 5.32 Å². The standard InChI is InChI=1S/C13H18ClNO3S/c1-2-12(10-3-5-11(14)6-4-10)15-13(17)9-19(18)8-7-16/h3-6,12,16H,2,7-9H2,1H3,(H,15,17). The maximum atomic E-state index is 11.7. The summed E-state index contributed by atoms with van der Waals surface area (Å²) in [6.45, 7) is 1.79. The molecule has 19 heavy (non-hydrogen) atoms. The minimum atomic E-state index is -1.31. The van der Waals surface area contributed by atoms with E-state index in [-0.39, 0.29) is 30.1 Å². The minimum Gasteiger partial charge on any atom is -0.395 e. The van der Waals surface area contributed by atoms with Crippen LogP contribution >= 0.6 is 11.6 Å². The fraction of sp³-hybridized carbons (Fsp3) is 0.462. The number of hydrogen-bond acceptors (Lipinski definition) is 3. The van der Waals surface area contributed by atoms with Gasteiger partial charge in [0.05, 0.1) is 12.6 Å². The molecule has 0 fully saturated rings. The Bertz CT molecular complexity index is 436. The highest BCUT2D eigenvalue weighted by Crippen LogP contribution is 2.19. The van der Waals surface area contributed by atoms with Gasteiger partial charge in [-0.05, 0) is 24.1 Å². The van der Waals surface area contributed by atoms with Crippen LogP contribution in [0.2, 0.25) is 5.02 Å². The van der Waals surface area contributed by atoms with E-state index in [2.05, 4.69) is 5.32 Å². The lowest BCUT2D eigenvalue weighted by molar-refractivity contribution is -0.119. The second-order valence-corrected chi connectivity index (χ2v) is 6.10. The molecule has 0 aliphatic rings. The highest BCUT2D eigenvalue weighted by molar-refractivity contribution is 7.85. The maximum absolute atomic E-state index is 11.7. The predicted molar refractivity (Wildman–Crippen MR) is 77.6 cm³/mol. The molecule has 1 amide bonds. The molecule has 2 unspecified atom stereocenters. The van der Waals surface area contributed by atoms with Crippen LogP contribution in [0, 0.1) is 0 Å². The zero-order chi connectivity index (χ0) is 14.3. The molecule has 0 aliphatic heterocycles.